The lowest BCUT2D eigenvalue weighted by Gasteiger charge is -2.40. The largest absolute Gasteiger partial charge is 0.416 e. The molecule has 0 unspecified atom stereocenters. The molecule has 2 bridgehead atoms. The smallest absolute Gasteiger partial charge is 0.307 e. The molecule has 2 heterocycles. The highest BCUT2D eigenvalue weighted by molar-refractivity contribution is 8.00. The van der Waals surface area contributed by atoms with Crippen molar-refractivity contribution in [2.24, 2.45) is 17.8 Å². The first-order valence-corrected chi connectivity index (χ1v) is 10.2. The van der Waals surface area contributed by atoms with Crippen molar-refractivity contribution in [1.82, 2.24) is 4.98 Å². The zero-order valence-electron chi connectivity index (χ0n) is 13.2. The molecular formula is C18H16F3NOS2. The SMILES string of the molecule is O=c1[nH]c2c(s1)[C@H](c1ccc(C(F)(F)F)cc1)[C@H]1[C@@H]3CC[C@@H](C3)[C@@H]1S2. The van der Waals surface area contributed by atoms with Crippen molar-refractivity contribution >= 4 is 23.1 Å². The van der Waals surface area contributed by atoms with E-state index in [1.54, 1.807) is 23.9 Å². The van der Waals surface area contributed by atoms with Crippen LogP contribution in [0.1, 0.15) is 41.2 Å². The van der Waals surface area contributed by atoms with Crippen LogP contribution in [0, 0.1) is 17.8 Å². The van der Waals surface area contributed by atoms with Gasteiger partial charge in [-0.25, -0.2) is 0 Å². The number of thioether (sulfide) groups is 1. The molecule has 7 heteroatoms. The molecule has 5 atom stereocenters. The van der Waals surface area contributed by atoms with E-state index < -0.39 is 11.7 Å². The molecule has 2 aromatic rings. The molecule has 0 radical (unpaired) electrons. The number of H-pyrrole nitrogens is 1. The summed E-state index contributed by atoms with van der Waals surface area (Å²) in [7, 11) is 0. The summed E-state index contributed by atoms with van der Waals surface area (Å²) in [4.78, 5) is 15.8. The van der Waals surface area contributed by atoms with Crippen molar-refractivity contribution in [3.05, 3.63) is 49.9 Å². The van der Waals surface area contributed by atoms with Gasteiger partial charge in [-0.05, 0) is 54.7 Å². The Balaban J connectivity index is 1.61. The van der Waals surface area contributed by atoms with Crippen molar-refractivity contribution in [3.8, 4) is 0 Å². The molecule has 132 valence electrons. The van der Waals surface area contributed by atoms with Crippen molar-refractivity contribution < 1.29 is 13.2 Å². The molecule has 0 amide bonds. The maximum atomic E-state index is 12.9. The number of fused-ring (bicyclic) bond motifs is 6. The van der Waals surface area contributed by atoms with E-state index >= 15 is 0 Å². The molecule has 3 aliphatic rings. The van der Waals surface area contributed by atoms with Crippen LogP contribution in [0.4, 0.5) is 13.2 Å². The molecule has 0 saturated heterocycles. The topological polar surface area (TPSA) is 32.9 Å². The van der Waals surface area contributed by atoms with E-state index in [4.69, 9.17) is 0 Å². The van der Waals surface area contributed by atoms with Gasteiger partial charge in [0.15, 0.2) is 0 Å². The number of thiazole rings is 1. The minimum absolute atomic E-state index is 0.0442. The van der Waals surface area contributed by atoms with Crippen LogP contribution in [0.25, 0.3) is 0 Å². The summed E-state index contributed by atoms with van der Waals surface area (Å²) in [5, 5.41) is 1.41. The predicted molar refractivity (Wildman–Crippen MR) is 92.2 cm³/mol. The van der Waals surface area contributed by atoms with Crippen LogP contribution in [-0.2, 0) is 6.18 Å². The lowest BCUT2D eigenvalue weighted by atomic mass is 9.75. The number of hydrogen-bond donors (Lipinski definition) is 1. The number of aromatic nitrogens is 1. The molecule has 5 rings (SSSR count). The van der Waals surface area contributed by atoms with Gasteiger partial charge >= 0.3 is 11.0 Å². The van der Waals surface area contributed by atoms with Crippen LogP contribution in [0.5, 0.6) is 0 Å². The Bertz CT molecular complexity index is 870. The van der Waals surface area contributed by atoms with E-state index in [2.05, 4.69) is 4.98 Å². The first kappa shape index (κ1) is 16.0. The highest BCUT2D eigenvalue weighted by Crippen LogP contribution is 2.63. The van der Waals surface area contributed by atoms with E-state index in [0.29, 0.717) is 23.0 Å². The minimum atomic E-state index is -4.32. The molecule has 2 saturated carbocycles. The average molecular weight is 383 g/mol. The lowest BCUT2D eigenvalue weighted by Crippen LogP contribution is -2.33. The van der Waals surface area contributed by atoms with Crippen LogP contribution >= 0.6 is 23.1 Å². The second-order valence-electron chi connectivity index (χ2n) is 7.30. The van der Waals surface area contributed by atoms with Crippen molar-refractivity contribution in [1.29, 1.82) is 0 Å². The summed E-state index contributed by atoms with van der Waals surface area (Å²) >= 11 is 3.02. The maximum Gasteiger partial charge on any atom is 0.416 e. The van der Waals surface area contributed by atoms with E-state index in [-0.39, 0.29) is 10.8 Å². The number of halogens is 3. The standard InChI is InChI=1S/C18H16F3NOS2/c19-18(20,21)11-5-3-8(4-6-11)12-13-9-1-2-10(7-9)14(13)24-16-15(12)25-17(23)22-16/h3-6,9-10,12-14H,1-2,7H2,(H,22,23)/t9-,10+,12-,13-,14+/m1/s1. The maximum absolute atomic E-state index is 12.9. The van der Waals surface area contributed by atoms with Crippen LogP contribution < -0.4 is 4.87 Å². The van der Waals surface area contributed by atoms with Crippen LogP contribution in [0.2, 0.25) is 0 Å². The van der Waals surface area contributed by atoms with Crippen molar-refractivity contribution in [2.45, 2.75) is 41.6 Å². The molecule has 2 aliphatic carbocycles. The monoisotopic (exact) mass is 383 g/mol. The first-order valence-electron chi connectivity index (χ1n) is 8.48. The number of aromatic amines is 1. The highest BCUT2D eigenvalue weighted by Gasteiger charge is 2.54. The van der Waals surface area contributed by atoms with Crippen LogP contribution in [0.15, 0.2) is 34.1 Å². The summed E-state index contributed by atoms with van der Waals surface area (Å²) in [6.45, 7) is 0. The summed E-state index contributed by atoms with van der Waals surface area (Å²) in [5.74, 6) is 1.77. The molecule has 2 nitrogen and oxygen atoms in total. The quantitative estimate of drug-likeness (QED) is 0.742. The van der Waals surface area contributed by atoms with Crippen molar-refractivity contribution in [2.75, 3.05) is 0 Å². The van der Waals surface area contributed by atoms with Gasteiger partial charge in [-0.1, -0.05) is 23.5 Å². The van der Waals surface area contributed by atoms with Gasteiger partial charge in [-0.3, -0.25) is 4.79 Å². The Hall–Kier alpha value is -1.21. The van der Waals surface area contributed by atoms with Gasteiger partial charge in [0.25, 0.3) is 0 Å². The summed E-state index contributed by atoms with van der Waals surface area (Å²) in [6, 6.07) is 5.57. The molecule has 1 N–H and O–H groups in total. The predicted octanol–water partition coefficient (Wildman–Crippen LogP) is 5.11. The Kier molecular flexibility index (Phi) is 3.45. The van der Waals surface area contributed by atoms with Crippen molar-refractivity contribution in [3.63, 3.8) is 0 Å². The molecule has 2 fully saturated rings. The Morgan fingerprint density at radius 2 is 1.80 bits per heavy atom. The van der Waals surface area contributed by atoms with E-state index in [0.717, 1.165) is 15.5 Å². The van der Waals surface area contributed by atoms with Crippen LogP contribution in [0.3, 0.4) is 0 Å². The highest BCUT2D eigenvalue weighted by atomic mass is 32.2. The second-order valence-corrected chi connectivity index (χ2v) is 9.50. The summed E-state index contributed by atoms with van der Waals surface area (Å²) in [6.07, 6.45) is -0.654. The third-order valence-electron chi connectivity index (χ3n) is 6.06. The Morgan fingerprint density at radius 1 is 1.08 bits per heavy atom. The van der Waals surface area contributed by atoms with E-state index in [9.17, 15) is 18.0 Å². The zero-order valence-corrected chi connectivity index (χ0v) is 14.8. The van der Waals surface area contributed by atoms with Gasteiger partial charge in [0.2, 0.25) is 0 Å². The third-order valence-corrected chi connectivity index (χ3v) is 8.69. The van der Waals surface area contributed by atoms with Gasteiger partial charge in [-0.15, -0.1) is 11.8 Å². The third kappa shape index (κ3) is 2.42. The van der Waals surface area contributed by atoms with Crippen LogP contribution in [-0.4, -0.2) is 10.2 Å². The normalized spacial score (nSPS) is 33.3. The Morgan fingerprint density at radius 3 is 2.52 bits per heavy atom. The second kappa shape index (κ2) is 5.39. The van der Waals surface area contributed by atoms with Gasteiger partial charge in [0, 0.05) is 16.0 Å². The molecular weight excluding hydrogens is 367 g/mol. The van der Waals surface area contributed by atoms with Gasteiger partial charge < -0.3 is 4.98 Å². The molecule has 1 aromatic carbocycles. The number of benzene rings is 1. The fourth-order valence-electron chi connectivity index (χ4n) is 5.10. The number of alkyl halides is 3. The average Bonchev–Trinajstić information content (AvgIpc) is 3.25. The molecule has 25 heavy (non-hydrogen) atoms. The first-order chi connectivity index (χ1) is 11.9. The van der Waals surface area contributed by atoms with Gasteiger partial charge in [0.05, 0.1) is 10.6 Å². The van der Waals surface area contributed by atoms with E-state index in [1.165, 1.54) is 42.7 Å². The number of nitrogens with one attached hydrogen (secondary N) is 1. The molecule has 1 aliphatic heterocycles. The Labute approximate surface area is 150 Å². The zero-order chi connectivity index (χ0) is 17.3. The fourth-order valence-corrected chi connectivity index (χ4v) is 8.00. The van der Waals surface area contributed by atoms with Gasteiger partial charge in [0.1, 0.15) is 0 Å². The summed E-state index contributed by atoms with van der Waals surface area (Å²) in [5.41, 5.74) is 0.292. The van der Waals surface area contributed by atoms with E-state index in [1.807, 2.05) is 0 Å². The molecule has 1 aromatic heterocycles. The molecule has 0 spiro atoms. The minimum Gasteiger partial charge on any atom is -0.307 e. The fraction of sp³-hybridized carbons (Fsp3) is 0.500. The van der Waals surface area contributed by atoms with Gasteiger partial charge in [-0.2, -0.15) is 13.2 Å². The summed E-state index contributed by atoms with van der Waals surface area (Å²) < 4.78 is 38.7. The number of hydrogen-bond acceptors (Lipinski definition) is 3. The lowest BCUT2D eigenvalue weighted by molar-refractivity contribution is -0.137. The number of rotatable bonds is 1.